The fourth-order valence-electron chi connectivity index (χ4n) is 3.27. The van der Waals surface area contributed by atoms with E-state index in [9.17, 15) is 8.78 Å². The van der Waals surface area contributed by atoms with Crippen molar-refractivity contribution in [1.29, 1.82) is 0 Å². The fraction of sp³-hybridized carbons (Fsp3) is 0.429. The summed E-state index contributed by atoms with van der Waals surface area (Å²) in [5.41, 5.74) is 1.27. The van der Waals surface area contributed by atoms with Gasteiger partial charge in [0.25, 0.3) is 0 Å². The van der Waals surface area contributed by atoms with Gasteiger partial charge in [-0.05, 0) is 36.4 Å². The molecule has 1 aromatic carbocycles. The SMILES string of the molecule is CCN1CCN(c2ccc(CNC(=NC)NCc3cc(F)ccc3F)cn2)CC1. The number of aromatic nitrogens is 1. The molecule has 8 heteroatoms. The van der Waals surface area contributed by atoms with Gasteiger partial charge < -0.3 is 20.4 Å². The Morgan fingerprint density at radius 2 is 1.83 bits per heavy atom. The van der Waals surface area contributed by atoms with E-state index in [0.717, 1.165) is 56.2 Å². The molecule has 0 amide bonds. The highest BCUT2D eigenvalue weighted by Gasteiger charge is 2.16. The van der Waals surface area contributed by atoms with Crippen LogP contribution in [0.3, 0.4) is 0 Å². The van der Waals surface area contributed by atoms with Crippen molar-refractivity contribution in [2.24, 2.45) is 4.99 Å². The smallest absolute Gasteiger partial charge is 0.191 e. The van der Waals surface area contributed by atoms with Crippen LogP contribution in [-0.2, 0) is 13.1 Å². The molecule has 0 bridgehead atoms. The highest BCUT2D eigenvalue weighted by molar-refractivity contribution is 5.79. The van der Waals surface area contributed by atoms with Crippen molar-refractivity contribution in [2.45, 2.75) is 20.0 Å². The third-order valence-electron chi connectivity index (χ3n) is 5.09. The quantitative estimate of drug-likeness (QED) is 0.574. The molecule has 1 saturated heterocycles. The number of pyridine rings is 1. The van der Waals surface area contributed by atoms with Crippen LogP contribution in [0.4, 0.5) is 14.6 Å². The molecule has 29 heavy (non-hydrogen) atoms. The zero-order valence-electron chi connectivity index (χ0n) is 17.0. The number of aliphatic imine (C=N–C) groups is 1. The summed E-state index contributed by atoms with van der Waals surface area (Å²) in [4.78, 5) is 13.4. The fourth-order valence-corrected chi connectivity index (χ4v) is 3.27. The Kier molecular flexibility index (Phi) is 7.35. The van der Waals surface area contributed by atoms with Crippen LogP contribution < -0.4 is 15.5 Å². The van der Waals surface area contributed by atoms with E-state index in [1.807, 2.05) is 18.3 Å². The van der Waals surface area contributed by atoms with Gasteiger partial charge in [-0.15, -0.1) is 0 Å². The lowest BCUT2D eigenvalue weighted by Gasteiger charge is -2.34. The zero-order chi connectivity index (χ0) is 20.6. The van der Waals surface area contributed by atoms with Gasteiger partial charge in [-0.1, -0.05) is 13.0 Å². The van der Waals surface area contributed by atoms with E-state index in [4.69, 9.17) is 0 Å². The van der Waals surface area contributed by atoms with Crippen molar-refractivity contribution < 1.29 is 8.78 Å². The van der Waals surface area contributed by atoms with Gasteiger partial charge in [0, 0.05) is 58.1 Å². The van der Waals surface area contributed by atoms with Gasteiger partial charge in [0.2, 0.25) is 0 Å². The number of nitrogens with one attached hydrogen (secondary N) is 2. The minimum Gasteiger partial charge on any atom is -0.354 e. The minimum absolute atomic E-state index is 0.143. The summed E-state index contributed by atoms with van der Waals surface area (Å²) in [5.74, 6) is 0.587. The number of hydrogen-bond acceptors (Lipinski definition) is 4. The molecule has 1 aliphatic heterocycles. The first-order valence-corrected chi connectivity index (χ1v) is 9.89. The summed E-state index contributed by atoms with van der Waals surface area (Å²) >= 11 is 0. The van der Waals surface area contributed by atoms with Crippen molar-refractivity contribution in [3.8, 4) is 0 Å². The standard InChI is InChI=1S/C21H28F2N6/c1-3-28-8-10-29(11-9-28)20-7-4-16(13-25-20)14-26-21(24-2)27-15-17-12-18(22)5-6-19(17)23/h4-7,12-13H,3,8-11,14-15H2,1-2H3,(H2,24,26,27). The number of hydrogen-bond donors (Lipinski definition) is 2. The van der Waals surface area contributed by atoms with E-state index in [-0.39, 0.29) is 12.1 Å². The van der Waals surface area contributed by atoms with Gasteiger partial charge >= 0.3 is 0 Å². The van der Waals surface area contributed by atoms with Crippen LogP contribution in [0.1, 0.15) is 18.1 Å². The van der Waals surface area contributed by atoms with Crippen molar-refractivity contribution in [3.63, 3.8) is 0 Å². The Morgan fingerprint density at radius 1 is 1.07 bits per heavy atom. The Hall–Kier alpha value is -2.74. The average Bonchev–Trinajstić information content (AvgIpc) is 2.76. The molecule has 3 rings (SSSR count). The zero-order valence-corrected chi connectivity index (χ0v) is 17.0. The molecular weight excluding hydrogens is 374 g/mol. The first kappa shape index (κ1) is 21.0. The molecule has 0 spiro atoms. The molecule has 6 nitrogen and oxygen atoms in total. The lowest BCUT2D eigenvalue weighted by Crippen LogP contribution is -2.46. The number of benzene rings is 1. The van der Waals surface area contributed by atoms with E-state index >= 15 is 0 Å². The van der Waals surface area contributed by atoms with Gasteiger partial charge in [0.05, 0.1) is 0 Å². The van der Waals surface area contributed by atoms with Crippen LogP contribution in [0.25, 0.3) is 0 Å². The molecular formula is C21H28F2N6. The Bertz CT molecular complexity index is 816. The Labute approximate surface area is 170 Å². The number of rotatable bonds is 6. The largest absolute Gasteiger partial charge is 0.354 e. The summed E-state index contributed by atoms with van der Waals surface area (Å²) in [6, 6.07) is 7.49. The molecule has 156 valence electrons. The molecule has 0 saturated carbocycles. The molecule has 0 radical (unpaired) electrons. The lowest BCUT2D eigenvalue weighted by molar-refractivity contribution is 0.270. The second-order valence-electron chi connectivity index (χ2n) is 6.96. The summed E-state index contributed by atoms with van der Waals surface area (Å²) in [6.07, 6.45) is 1.86. The highest BCUT2D eigenvalue weighted by Crippen LogP contribution is 2.14. The molecule has 1 aliphatic rings. The molecule has 0 unspecified atom stereocenters. The van der Waals surface area contributed by atoms with Crippen molar-refractivity contribution in [1.82, 2.24) is 20.5 Å². The van der Waals surface area contributed by atoms with E-state index in [1.165, 1.54) is 6.07 Å². The maximum Gasteiger partial charge on any atom is 0.191 e. The predicted octanol–water partition coefficient (Wildman–Crippen LogP) is 2.37. The lowest BCUT2D eigenvalue weighted by atomic mass is 10.2. The maximum absolute atomic E-state index is 13.7. The van der Waals surface area contributed by atoms with Gasteiger partial charge in [0.1, 0.15) is 17.5 Å². The molecule has 2 heterocycles. The maximum atomic E-state index is 13.7. The van der Waals surface area contributed by atoms with Crippen LogP contribution in [0, 0.1) is 11.6 Å². The topological polar surface area (TPSA) is 55.8 Å². The number of anilines is 1. The molecule has 0 aliphatic carbocycles. The minimum atomic E-state index is -0.464. The molecule has 1 aromatic heterocycles. The first-order chi connectivity index (χ1) is 14.1. The second kappa shape index (κ2) is 10.2. The van der Waals surface area contributed by atoms with Gasteiger partial charge in [0.15, 0.2) is 5.96 Å². The summed E-state index contributed by atoms with van der Waals surface area (Å²) < 4.78 is 27.0. The normalized spacial score (nSPS) is 15.4. The van der Waals surface area contributed by atoms with E-state index in [1.54, 1.807) is 7.05 Å². The Morgan fingerprint density at radius 3 is 2.48 bits per heavy atom. The predicted molar refractivity (Wildman–Crippen MR) is 112 cm³/mol. The van der Waals surface area contributed by atoms with Gasteiger partial charge in [-0.2, -0.15) is 0 Å². The van der Waals surface area contributed by atoms with Gasteiger partial charge in [-0.25, -0.2) is 13.8 Å². The molecule has 2 aromatic rings. The number of likely N-dealkylation sites (N-methyl/N-ethyl adjacent to an activating group) is 1. The molecule has 1 fully saturated rings. The van der Waals surface area contributed by atoms with Gasteiger partial charge in [-0.3, -0.25) is 4.99 Å². The van der Waals surface area contributed by atoms with E-state index in [0.29, 0.717) is 12.5 Å². The van der Waals surface area contributed by atoms with Crippen molar-refractivity contribution >= 4 is 11.8 Å². The summed E-state index contributed by atoms with van der Waals surface area (Å²) in [5, 5.41) is 6.16. The third-order valence-corrected chi connectivity index (χ3v) is 5.09. The van der Waals surface area contributed by atoms with E-state index < -0.39 is 11.6 Å². The average molecular weight is 402 g/mol. The Balaban J connectivity index is 1.49. The third kappa shape index (κ3) is 5.87. The number of guanidine groups is 1. The van der Waals surface area contributed by atoms with E-state index in [2.05, 4.69) is 37.3 Å². The number of halogens is 2. The van der Waals surface area contributed by atoms with Crippen LogP contribution in [-0.4, -0.2) is 55.6 Å². The van der Waals surface area contributed by atoms with Crippen LogP contribution >= 0.6 is 0 Å². The summed E-state index contributed by atoms with van der Waals surface area (Å²) in [6.45, 7) is 8.06. The number of nitrogens with zero attached hydrogens (tertiary/aromatic N) is 4. The van der Waals surface area contributed by atoms with Crippen LogP contribution in [0.15, 0.2) is 41.5 Å². The molecule has 2 N–H and O–H groups in total. The molecule has 0 atom stereocenters. The van der Waals surface area contributed by atoms with Crippen molar-refractivity contribution in [2.75, 3.05) is 44.7 Å². The summed E-state index contributed by atoms with van der Waals surface area (Å²) in [7, 11) is 1.63. The number of piperazine rings is 1. The monoisotopic (exact) mass is 402 g/mol. The van der Waals surface area contributed by atoms with Crippen LogP contribution in [0.2, 0.25) is 0 Å². The van der Waals surface area contributed by atoms with Crippen LogP contribution in [0.5, 0.6) is 0 Å². The second-order valence-corrected chi connectivity index (χ2v) is 6.96. The first-order valence-electron chi connectivity index (χ1n) is 9.89. The van der Waals surface area contributed by atoms with Crippen molar-refractivity contribution in [3.05, 3.63) is 59.3 Å². The highest BCUT2D eigenvalue weighted by atomic mass is 19.1.